The minimum absolute atomic E-state index is 0. The highest BCUT2D eigenvalue weighted by Gasteiger charge is 2.28. The summed E-state index contributed by atoms with van der Waals surface area (Å²) in [7, 11) is 2.09. The van der Waals surface area contributed by atoms with Crippen LogP contribution in [-0.4, -0.2) is 51.7 Å². The summed E-state index contributed by atoms with van der Waals surface area (Å²) in [6.07, 6.45) is 1.17. The first-order chi connectivity index (χ1) is 12.6. The number of fused-ring (bicyclic) bond motifs is 1. The fourth-order valence-corrected chi connectivity index (χ4v) is 3.44. The van der Waals surface area contributed by atoms with Crippen molar-refractivity contribution in [3.63, 3.8) is 0 Å². The number of para-hydroxylation sites is 3. The van der Waals surface area contributed by atoms with E-state index in [-0.39, 0.29) is 17.3 Å². The third-order valence-electron chi connectivity index (χ3n) is 4.95. The van der Waals surface area contributed by atoms with Crippen molar-refractivity contribution in [1.29, 1.82) is 0 Å². The van der Waals surface area contributed by atoms with Gasteiger partial charge in [0, 0.05) is 18.7 Å². The monoisotopic (exact) mass is 373 g/mol. The maximum atomic E-state index is 13.9. The Morgan fingerprint density at radius 1 is 1.19 bits per heavy atom. The molecule has 0 unspecified atom stereocenters. The first-order valence-electron chi connectivity index (χ1n) is 8.88. The molecular weight excluding hydrogens is 349 g/mol. The minimum atomic E-state index is -0.657. The van der Waals surface area contributed by atoms with Crippen LogP contribution >= 0.6 is 0 Å². The average molecular weight is 373 g/mol. The normalized spacial score (nSPS) is 17.0. The largest absolute Gasteiger partial charge is 0.505 e. The predicted molar refractivity (Wildman–Crippen MR) is 101 cm³/mol. The molecule has 2 aromatic carbocycles. The molecule has 1 atom stereocenters. The van der Waals surface area contributed by atoms with Crippen molar-refractivity contribution in [2.75, 3.05) is 20.1 Å². The molecule has 1 aliphatic rings. The van der Waals surface area contributed by atoms with E-state index in [1.54, 1.807) is 12.1 Å². The summed E-state index contributed by atoms with van der Waals surface area (Å²) in [5.74, 6) is -0.465. The molecule has 0 aliphatic carbocycles. The molecule has 1 aromatic heterocycles. The maximum Gasteiger partial charge on any atom is 0.165 e. The lowest BCUT2D eigenvalue weighted by Gasteiger charge is -2.31. The molecule has 6 nitrogen and oxygen atoms in total. The maximum absolute atomic E-state index is 13.9. The van der Waals surface area contributed by atoms with Gasteiger partial charge in [-0.15, -0.1) is 0 Å². The average Bonchev–Trinajstić information content (AvgIpc) is 3.08. The molecule has 1 aliphatic heterocycles. The summed E-state index contributed by atoms with van der Waals surface area (Å²) in [5.41, 5.74) is 2.09. The lowest BCUT2D eigenvalue weighted by molar-refractivity contribution is -0.0273. The Kier molecular flexibility index (Phi) is 5.74. The number of halogens is 1. The number of aromatic nitrogens is 2. The summed E-state index contributed by atoms with van der Waals surface area (Å²) in [6.45, 7) is 1.90. The molecule has 4 rings (SSSR count). The fraction of sp³-hybridized carbons (Fsp3) is 0.350. The van der Waals surface area contributed by atoms with E-state index in [1.807, 2.05) is 24.3 Å². The van der Waals surface area contributed by atoms with Gasteiger partial charge in [0.2, 0.25) is 0 Å². The quantitative estimate of drug-likeness (QED) is 0.735. The van der Waals surface area contributed by atoms with Gasteiger partial charge in [0.15, 0.2) is 11.6 Å². The smallest absolute Gasteiger partial charge is 0.165 e. The molecule has 4 N–H and O–H groups in total. The van der Waals surface area contributed by atoms with Gasteiger partial charge in [-0.1, -0.05) is 24.3 Å². The Labute approximate surface area is 156 Å². The van der Waals surface area contributed by atoms with Crippen LogP contribution in [0.5, 0.6) is 5.75 Å². The number of H-pyrrole nitrogens is 1. The molecule has 0 spiro atoms. The van der Waals surface area contributed by atoms with Gasteiger partial charge >= 0.3 is 0 Å². The van der Waals surface area contributed by atoms with Crippen molar-refractivity contribution in [3.05, 3.63) is 59.7 Å². The van der Waals surface area contributed by atoms with Crippen molar-refractivity contribution in [2.45, 2.75) is 25.0 Å². The summed E-state index contributed by atoms with van der Waals surface area (Å²) < 4.78 is 20.3. The Morgan fingerprint density at radius 3 is 2.67 bits per heavy atom. The van der Waals surface area contributed by atoms with Crippen LogP contribution in [0.1, 0.15) is 30.3 Å². The molecule has 7 heteroatoms. The fourth-order valence-electron chi connectivity index (χ4n) is 3.44. The molecule has 0 radical (unpaired) electrons. The Bertz CT molecular complexity index is 873. The van der Waals surface area contributed by atoms with Gasteiger partial charge in [0.05, 0.1) is 17.1 Å². The lowest BCUT2D eigenvalue weighted by Crippen LogP contribution is -2.35. The van der Waals surface area contributed by atoms with Gasteiger partial charge < -0.3 is 25.2 Å². The molecule has 2 heterocycles. The highest BCUT2D eigenvalue weighted by Crippen LogP contribution is 2.35. The van der Waals surface area contributed by atoms with Crippen molar-refractivity contribution >= 4 is 11.0 Å². The summed E-state index contributed by atoms with van der Waals surface area (Å²) in [5, 5.41) is 10.3. The number of likely N-dealkylation sites (tertiary alicyclic amines) is 1. The number of rotatable bonds is 4. The first-order valence-corrected chi connectivity index (χ1v) is 8.88. The topological polar surface area (TPSA) is 92.9 Å². The van der Waals surface area contributed by atoms with Crippen LogP contribution in [0.4, 0.5) is 4.39 Å². The zero-order chi connectivity index (χ0) is 18.1. The van der Waals surface area contributed by atoms with Gasteiger partial charge in [-0.25, -0.2) is 9.37 Å². The highest BCUT2D eigenvalue weighted by atomic mass is 19.1. The van der Waals surface area contributed by atoms with Gasteiger partial charge in [-0.2, -0.15) is 0 Å². The van der Waals surface area contributed by atoms with E-state index in [1.165, 1.54) is 6.07 Å². The number of nitrogens with zero attached hydrogens (tertiary/aromatic N) is 2. The number of imidazole rings is 1. The number of hydrogen-bond acceptors (Lipinski definition) is 4. The number of aromatic amines is 1. The number of nitrogens with one attached hydrogen (secondary N) is 1. The molecule has 0 amide bonds. The van der Waals surface area contributed by atoms with E-state index >= 15 is 0 Å². The number of ether oxygens (including phenoxy) is 1. The standard InChI is InChI=1S/C20H22FN3O2.H2O/c1-24-11-9-13(10-12-24)26-19(14-5-4-6-15(21)18(14)25)20-22-16-7-2-3-8-17(16)23-20;/h2-8,13,19,25H,9-12H2,1H3,(H,22,23);1H2/t19-;/m0./s1. The molecule has 3 aromatic rings. The number of aromatic hydroxyl groups is 1. The van der Waals surface area contributed by atoms with E-state index in [0.717, 1.165) is 37.0 Å². The van der Waals surface area contributed by atoms with Gasteiger partial charge in [0.1, 0.15) is 11.9 Å². The Morgan fingerprint density at radius 2 is 1.93 bits per heavy atom. The third kappa shape index (κ3) is 3.95. The van der Waals surface area contributed by atoms with Crippen LogP contribution in [0.2, 0.25) is 0 Å². The Balaban J connectivity index is 0.00000210. The molecule has 0 saturated carbocycles. The summed E-state index contributed by atoms with van der Waals surface area (Å²) >= 11 is 0. The van der Waals surface area contributed by atoms with E-state index in [9.17, 15) is 9.50 Å². The van der Waals surface area contributed by atoms with E-state index in [4.69, 9.17) is 4.74 Å². The van der Waals surface area contributed by atoms with Crippen molar-refractivity contribution < 1.29 is 19.7 Å². The van der Waals surface area contributed by atoms with Crippen LogP contribution in [0.15, 0.2) is 42.5 Å². The minimum Gasteiger partial charge on any atom is -0.505 e. The zero-order valence-corrected chi connectivity index (χ0v) is 15.2. The molecule has 1 saturated heterocycles. The summed E-state index contributed by atoms with van der Waals surface area (Å²) in [6, 6.07) is 12.2. The second-order valence-electron chi connectivity index (χ2n) is 6.84. The van der Waals surface area contributed by atoms with Crippen LogP contribution < -0.4 is 0 Å². The van der Waals surface area contributed by atoms with Crippen LogP contribution in [0, 0.1) is 5.82 Å². The van der Waals surface area contributed by atoms with Crippen molar-refractivity contribution in [3.8, 4) is 5.75 Å². The van der Waals surface area contributed by atoms with E-state index in [0.29, 0.717) is 11.4 Å². The second-order valence-corrected chi connectivity index (χ2v) is 6.84. The predicted octanol–water partition coefficient (Wildman–Crippen LogP) is 2.78. The summed E-state index contributed by atoms with van der Waals surface area (Å²) in [4.78, 5) is 10.1. The van der Waals surface area contributed by atoms with Crippen LogP contribution in [0.25, 0.3) is 11.0 Å². The number of piperidine rings is 1. The number of phenols is 1. The number of hydrogen-bond donors (Lipinski definition) is 2. The first kappa shape index (κ1) is 19.3. The van der Waals surface area contributed by atoms with Crippen molar-refractivity contribution in [1.82, 2.24) is 14.9 Å². The molecule has 27 heavy (non-hydrogen) atoms. The lowest BCUT2D eigenvalue weighted by atomic mass is 10.0. The van der Waals surface area contributed by atoms with E-state index < -0.39 is 11.9 Å². The van der Waals surface area contributed by atoms with Crippen LogP contribution in [0.3, 0.4) is 0 Å². The molecule has 0 bridgehead atoms. The SMILES string of the molecule is CN1CCC(O[C@H](c2nc3ccccc3[nH]2)c2cccc(F)c2O)CC1.O. The molecular formula is C20H24FN3O3. The number of phenolic OH excluding ortho intramolecular Hbond substituents is 1. The molecule has 1 fully saturated rings. The second kappa shape index (κ2) is 8.04. The van der Waals surface area contributed by atoms with Gasteiger partial charge in [0.25, 0.3) is 0 Å². The van der Waals surface area contributed by atoms with Gasteiger partial charge in [-0.05, 0) is 38.1 Å². The van der Waals surface area contributed by atoms with Crippen molar-refractivity contribution in [2.24, 2.45) is 0 Å². The molecule has 144 valence electrons. The third-order valence-corrected chi connectivity index (χ3v) is 4.95. The van der Waals surface area contributed by atoms with E-state index in [2.05, 4.69) is 21.9 Å². The van der Waals surface area contributed by atoms with Crippen LogP contribution in [-0.2, 0) is 4.74 Å². The number of benzene rings is 2. The Hall–Kier alpha value is -2.48. The highest BCUT2D eigenvalue weighted by molar-refractivity contribution is 5.75. The zero-order valence-electron chi connectivity index (χ0n) is 15.2. The van der Waals surface area contributed by atoms with Gasteiger partial charge in [-0.3, -0.25) is 0 Å².